The van der Waals surface area contributed by atoms with Gasteiger partial charge < -0.3 is 20.5 Å². The van der Waals surface area contributed by atoms with Crippen LogP contribution in [0.2, 0.25) is 0 Å². The Morgan fingerprint density at radius 3 is 2.73 bits per heavy atom. The molecule has 0 atom stereocenters. The zero-order valence-electron chi connectivity index (χ0n) is 9.16. The number of aliphatic imine (C=N–C) groups is 1. The summed E-state index contributed by atoms with van der Waals surface area (Å²) >= 11 is 0. The number of hydrogen-bond acceptors (Lipinski definition) is 3. The van der Waals surface area contributed by atoms with Gasteiger partial charge in [-0.3, -0.25) is 4.99 Å². The molecular formula is C10H19N3O2. The minimum Gasteiger partial charge on any atom is -0.370 e. The van der Waals surface area contributed by atoms with Crippen LogP contribution < -0.4 is 11.1 Å². The molecule has 0 aromatic heterocycles. The molecule has 2 aliphatic rings. The van der Waals surface area contributed by atoms with Crippen molar-refractivity contribution in [2.24, 2.45) is 10.7 Å². The number of rotatable bonds is 4. The van der Waals surface area contributed by atoms with E-state index in [-0.39, 0.29) is 0 Å². The standard InChI is InChI=1S/C10H19N3O2/c1-10(14-6-7-15-10)4-5-12-9(11)13-8-2-3-8/h8H,2-7H2,1H3,(H3,11,12,13). The second-order valence-corrected chi connectivity index (χ2v) is 4.27. The van der Waals surface area contributed by atoms with Crippen LogP contribution >= 0.6 is 0 Å². The minimum atomic E-state index is -0.455. The number of nitrogens with one attached hydrogen (secondary N) is 1. The van der Waals surface area contributed by atoms with Crippen molar-refractivity contribution in [3.8, 4) is 0 Å². The Bertz CT molecular complexity index is 245. The highest BCUT2D eigenvalue weighted by Gasteiger charge is 2.30. The van der Waals surface area contributed by atoms with Gasteiger partial charge in [-0.05, 0) is 19.8 Å². The van der Waals surface area contributed by atoms with Gasteiger partial charge in [-0.2, -0.15) is 0 Å². The van der Waals surface area contributed by atoms with E-state index in [1.165, 1.54) is 12.8 Å². The number of hydrogen-bond donors (Lipinski definition) is 2. The maximum Gasteiger partial charge on any atom is 0.188 e. The van der Waals surface area contributed by atoms with Crippen LogP contribution in [-0.2, 0) is 9.47 Å². The van der Waals surface area contributed by atoms with Gasteiger partial charge in [-0.1, -0.05) is 0 Å². The summed E-state index contributed by atoms with van der Waals surface area (Å²) < 4.78 is 10.9. The Kier molecular flexibility index (Phi) is 3.11. The molecule has 0 radical (unpaired) electrons. The Morgan fingerprint density at radius 2 is 2.13 bits per heavy atom. The topological polar surface area (TPSA) is 68.9 Å². The van der Waals surface area contributed by atoms with Gasteiger partial charge in [0.1, 0.15) is 0 Å². The van der Waals surface area contributed by atoms with E-state index in [0.717, 1.165) is 6.42 Å². The molecule has 0 bridgehead atoms. The maximum atomic E-state index is 5.70. The predicted molar refractivity (Wildman–Crippen MR) is 57.6 cm³/mol. The molecule has 2 fully saturated rings. The summed E-state index contributed by atoms with van der Waals surface area (Å²) in [6.45, 7) is 3.94. The van der Waals surface area contributed by atoms with Crippen LogP contribution in [0.3, 0.4) is 0 Å². The van der Waals surface area contributed by atoms with Crippen LogP contribution in [0.1, 0.15) is 26.2 Å². The van der Waals surface area contributed by atoms with E-state index in [1.807, 2.05) is 6.92 Å². The Morgan fingerprint density at radius 1 is 1.47 bits per heavy atom. The average Bonchev–Trinajstić information content (AvgIpc) is 2.88. The van der Waals surface area contributed by atoms with Crippen LogP contribution in [0.25, 0.3) is 0 Å². The van der Waals surface area contributed by atoms with Crippen molar-refractivity contribution in [3.05, 3.63) is 0 Å². The first-order valence-electron chi connectivity index (χ1n) is 5.52. The zero-order chi connectivity index (χ0) is 10.7. The van der Waals surface area contributed by atoms with Crippen LogP contribution in [-0.4, -0.2) is 37.5 Å². The van der Waals surface area contributed by atoms with Gasteiger partial charge in [-0.15, -0.1) is 0 Å². The fraction of sp³-hybridized carbons (Fsp3) is 0.900. The molecule has 0 aromatic carbocycles. The summed E-state index contributed by atoms with van der Waals surface area (Å²) in [7, 11) is 0. The first-order valence-corrected chi connectivity index (χ1v) is 5.52. The molecule has 86 valence electrons. The molecule has 5 heteroatoms. The van der Waals surface area contributed by atoms with Gasteiger partial charge in [0.2, 0.25) is 0 Å². The van der Waals surface area contributed by atoms with Crippen molar-refractivity contribution in [2.45, 2.75) is 38.0 Å². The molecule has 5 nitrogen and oxygen atoms in total. The van der Waals surface area contributed by atoms with Crippen LogP contribution in [0.5, 0.6) is 0 Å². The van der Waals surface area contributed by atoms with Crippen LogP contribution in [0, 0.1) is 0 Å². The minimum absolute atomic E-state index is 0.455. The number of ether oxygens (including phenoxy) is 2. The highest BCUT2D eigenvalue weighted by atomic mass is 16.7. The zero-order valence-corrected chi connectivity index (χ0v) is 9.16. The third-order valence-electron chi connectivity index (χ3n) is 2.68. The van der Waals surface area contributed by atoms with Crippen LogP contribution in [0.4, 0.5) is 0 Å². The number of nitrogens with two attached hydrogens (primary N) is 1. The van der Waals surface area contributed by atoms with E-state index in [4.69, 9.17) is 15.2 Å². The average molecular weight is 213 g/mol. The molecule has 0 amide bonds. The summed E-state index contributed by atoms with van der Waals surface area (Å²) in [4.78, 5) is 4.24. The molecule has 1 aliphatic carbocycles. The lowest BCUT2D eigenvalue weighted by atomic mass is 10.2. The Labute approximate surface area is 90.0 Å². The molecule has 1 heterocycles. The fourth-order valence-corrected chi connectivity index (χ4v) is 1.56. The highest BCUT2D eigenvalue weighted by molar-refractivity contribution is 5.78. The SMILES string of the molecule is CC1(CCN=C(N)NC2CC2)OCCO1. The van der Waals surface area contributed by atoms with Gasteiger partial charge in [0.25, 0.3) is 0 Å². The summed E-state index contributed by atoms with van der Waals surface area (Å²) in [5, 5.41) is 3.14. The van der Waals surface area contributed by atoms with Gasteiger partial charge in [0, 0.05) is 19.0 Å². The largest absolute Gasteiger partial charge is 0.370 e. The summed E-state index contributed by atoms with van der Waals surface area (Å²) in [6, 6.07) is 0.559. The predicted octanol–water partition coefficient (Wildman–Crippen LogP) is 0.206. The van der Waals surface area contributed by atoms with E-state index in [0.29, 0.717) is 31.8 Å². The lowest BCUT2D eigenvalue weighted by Crippen LogP contribution is -2.34. The van der Waals surface area contributed by atoms with Crippen molar-refractivity contribution in [3.63, 3.8) is 0 Å². The monoisotopic (exact) mass is 213 g/mol. The molecule has 3 N–H and O–H groups in total. The molecule has 0 spiro atoms. The molecule has 15 heavy (non-hydrogen) atoms. The smallest absolute Gasteiger partial charge is 0.188 e. The molecule has 0 aromatic rings. The fourth-order valence-electron chi connectivity index (χ4n) is 1.56. The molecular weight excluding hydrogens is 194 g/mol. The molecule has 1 saturated carbocycles. The van der Waals surface area contributed by atoms with Gasteiger partial charge in [0.15, 0.2) is 11.7 Å². The number of guanidine groups is 1. The van der Waals surface area contributed by atoms with Crippen LogP contribution in [0.15, 0.2) is 4.99 Å². The Hall–Kier alpha value is -0.810. The summed E-state index contributed by atoms with van der Waals surface area (Å²) in [5.74, 6) is 0.0858. The van der Waals surface area contributed by atoms with Gasteiger partial charge in [-0.25, -0.2) is 0 Å². The molecule has 1 aliphatic heterocycles. The maximum absolute atomic E-state index is 5.70. The van der Waals surface area contributed by atoms with E-state index in [2.05, 4.69) is 10.3 Å². The van der Waals surface area contributed by atoms with E-state index >= 15 is 0 Å². The lowest BCUT2D eigenvalue weighted by molar-refractivity contribution is -0.144. The summed E-state index contributed by atoms with van der Waals surface area (Å²) in [6.07, 6.45) is 3.17. The van der Waals surface area contributed by atoms with E-state index in [1.54, 1.807) is 0 Å². The van der Waals surface area contributed by atoms with Gasteiger partial charge >= 0.3 is 0 Å². The van der Waals surface area contributed by atoms with Crippen molar-refractivity contribution in [2.75, 3.05) is 19.8 Å². The quantitative estimate of drug-likeness (QED) is 0.517. The van der Waals surface area contributed by atoms with Crippen molar-refractivity contribution >= 4 is 5.96 Å². The first kappa shape index (κ1) is 10.7. The summed E-state index contributed by atoms with van der Waals surface area (Å²) in [5.41, 5.74) is 5.70. The second-order valence-electron chi connectivity index (χ2n) is 4.27. The highest BCUT2D eigenvalue weighted by Crippen LogP contribution is 2.22. The molecule has 2 rings (SSSR count). The van der Waals surface area contributed by atoms with Crippen molar-refractivity contribution in [1.82, 2.24) is 5.32 Å². The third-order valence-corrected chi connectivity index (χ3v) is 2.68. The van der Waals surface area contributed by atoms with Crippen molar-refractivity contribution < 1.29 is 9.47 Å². The Balaban J connectivity index is 1.67. The molecule has 1 saturated heterocycles. The normalized spacial score (nSPS) is 25.5. The first-order chi connectivity index (χ1) is 7.18. The third kappa shape index (κ3) is 3.35. The van der Waals surface area contributed by atoms with E-state index < -0.39 is 5.79 Å². The second kappa shape index (κ2) is 4.37. The molecule has 0 unspecified atom stereocenters. The number of nitrogens with zero attached hydrogens (tertiary/aromatic N) is 1. The van der Waals surface area contributed by atoms with E-state index in [9.17, 15) is 0 Å². The van der Waals surface area contributed by atoms with Gasteiger partial charge in [0.05, 0.1) is 13.2 Å². The van der Waals surface area contributed by atoms with Crippen molar-refractivity contribution in [1.29, 1.82) is 0 Å². The lowest BCUT2D eigenvalue weighted by Gasteiger charge is -2.20.